The molecule has 2 aromatic rings. The van der Waals surface area contributed by atoms with Crippen LogP contribution in [0.15, 0.2) is 27.4 Å². The summed E-state index contributed by atoms with van der Waals surface area (Å²) in [6.07, 6.45) is 1.58. The SMILES string of the molecule is CC(C)(C)CC(C)(C)NC(=O)CCCn1c(=O)oc2cc([N+](=O)[O-])ccc21. The molecule has 1 heterocycles. The number of benzene rings is 1. The number of carbonyl (C=O) groups excluding carboxylic acids is 1. The molecule has 0 aliphatic heterocycles. The van der Waals surface area contributed by atoms with Gasteiger partial charge in [0.1, 0.15) is 0 Å². The minimum absolute atomic E-state index is 0.0688. The van der Waals surface area contributed by atoms with Crippen LogP contribution >= 0.6 is 0 Å². The van der Waals surface area contributed by atoms with Gasteiger partial charge in [-0.2, -0.15) is 0 Å². The van der Waals surface area contributed by atoms with Gasteiger partial charge in [0.05, 0.1) is 16.5 Å². The van der Waals surface area contributed by atoms with Gasteiger partial charge in [0, 0.05) is 24.6 Å². The first-order valence-electron chi connectivity index (χ1n) is 8.97. The number of hydrogen-bond acceptors (Lipinski definition) is 5. The number of aromatic nitrogens is 1. The van der Waals surface area contributed by atoms with Gasteiger partial charge < -0.3 is 9.73 Å². The smallest absolute Gasteiger partial charge is 0.407 e. The predicted molar refractivity (Wildman–Crippen MR) is 103 cm³/mol. The molecule has 27 heavy (non-hydrogen) atoms. The molecule has 148 valence electrons. The molecule has 1 amide bonds. The van der Waals surface area contributed by atoms with Crippen LogP contribution in [0.25, 0.3) is 11.1 Å². The van der Waals surface area contributed by atoms with Crippen LogP contribution in [0.3, 0.4) is 0 Å². The molecule has 1 N–H and O–H groups in total. The number of rotatable bonds is 7. The van der Waals surface area contributed by atoms with Crippen molar-refractivity contribution in [2.45, 2.75) is 66.0 Å². The molecule has 0 atom stereocenters. The zero-order valence-corrected chi connectivity index (χ0v) is 16.5. The van der Waals surface area contributed by atoms with Crippen molar-refractivity contribution < 1.29 is 14.1 Å². The molecule has 0 radical (unpaired) electrons. The van der Waals surface area contributed by atoms with Crippen molar-refractivity contribution in [2.24, 2.45) is 5.41 Å². The molecular formula is C19H27N3O5. The summed E-state index contributed by atoms with van der Waals surface area (Å²) >= 11 is 0. The van der Waals surface area contributed by atoms with Gasteiger partial charge in [0.25, 0.3) is 5.69 Å². The third kappa shape index (κ3) is 5.67. The molecular weight excluding hydrogens is 350 g/mol. The maximum absolute atomic E-state index is 12.2. The number of hydrogen-bond donors (Lipinski definition) is 1. The Morgan fingerprint density at radius 3 is 2.52 bits per heavy atom. The Labute approximate surface area is 157 Å². The van der Waals surface area contributed by atoms with E-state index in [2.05, 4.69) is 26.1 Å². The summed E-state index contributed by atoms with van der Waals surface area (Å²) in [5.41, 5.74) is 0.309. The van der Waals surface area contributed by atoms with Gasteiger partial charge in [0.15, 0.2) is 5.58 Å². The quantitative estimate of drug-likeness (QED) is 0.586. The number of amides is 1. The van der Waals surface area contributed by atoms with E-state index in [1.165, 1.54) is 22.8 Å². The number of carbonyl (C=O) groups is 1. The lowest BCUT2D eigenvalue weighted by molar-refractivity contribution is -0.384. The van der Waals surface area contributed by atoms with Gasteiger partial charge in [-0.25, -0.2) is 4.79 Å². The van der Waals surface area contributed by atoms with Crippen molar-refractivity contribution in [3.63, 3.8) is 0 Å². The van der Waals surface area contributed by atoms with E-state index in [0.717, 1.165) is 6.42 Å². The molecule has 1 aromatic heterocycles. The second-order valence-electron chi connectivity index (χ2n) is 8.70. The lowest BCUT2D eigenvalue weighted by Gasteiger charge is -2.33. The number of nitro benzene ring substituents is 1. The minimum Gasteiger partial charge on any atom is -0.407 e. The monoisotopic (exact) mass is 377 g/mol. The van der Waals surface area contributed by atoms with Gasteiger partial charge in [-0.1, -0.05) is 20.8 Å². The van der Waals surface area contributed by atoms with E-state index < -0.39 is 10.7 Å². The van der Waals surface area contributed by atoms with Crippen LogP contribution in [-0.2, 0) is 11.3 Å². The highest BCUT2D eigenvalue weighted by atomic mass is 16.6. The zero-order valence-electron chi connectivity index (χ0n) is 16.5. The van der Waals surface area contributed by atoms with Crippen LogP contribution in [0.4, 0.5) is 5.69 Å². The average molecular weight is 377 g/mol. The summed E-state index contributed by atoms with van der Waals surface area (Å²) in [6, 6.07) is 4.05. The topological polar surface area (TPSA) is 107 Å². The van der Waals surface area contributed by atoms with Crippen molar-refractivity contribution in [3.8, 4) is 0 Å². The maximum Gasteiger partial charge on any atom is 0.419 e. The number of oxazole rings is 1. The Kier molecular flexibility index (Phi) is 5.77. The summed E-state index contributed by atoms with van der Waals surface area (Å²) in [7, 11) is 0. The number of nitro groups is 1. The molecule has 1 aromatic carbocycles. The van der Waals surface area contributed by atoms with Crippen LogP contribution < -0.4 is 11.1 Å². The zero-order chi connectivity index (χ0) is 20.4. The van der Waals surface area contributed by atoms with E-state index in [4.69, 9.17) is 4.42 Å². The highest BCUT2D eigenvalue weighted by Gasteiger charge is 2.26. The third-order valence-corrected chi connectivity index (χ3v) is 4.10. The summed E-state index contributed by atoms with van der Waals surface area (Å²) in [6.45, 7) is 10.7. The van der Waals surface area contributed by atoms with Crippen LogP contribution in [-0.4, -0.2) is 20.9 Å². The Balaban J connectivity index is 1.99. The van der Waals surface area contributed by atoms with Gasteiger partial charge in [0.2, 0.25) is 5.91 Å². The lowest BCUT2D eigenvalue weighted by atomic mass is 9.82. The lowest BCUT2D eigenvalue weighted by Crippen LogP contribution is -2.45. The second-order valence-corrected chi connectivity index (χ2v) is 8.70. The van der Waals surface area contributed by atoms with Crippen molar-refractivity contribution in [2.75, 3.05) is 0 Å². The molecule has 0 bridgehead atoms. The summed E-state index contributed by atoms with van der Waals surface area (Å²) < 4.78 is 6.48. The van der Waals surface area contributed by atoms with Gasteiger partial charge >= 0.3 is 5.76 Å². The van der Waals surface area contributed by atoms with Gasteiger partial charge in [-0.05, 0) is 38.2 Å². The third-order valence-electron chi connectivity index (χ3n) is 4.10. The Bertz CT molecular complexity index is 902. The number of nitrogens with zero attached hydrogens (tertiary/aromatic N) is 2. The highest BCUT2D eigenvalue weighted by Crippen LogP contribution is 2.27. The van der Waals surface area contributed by atoms with Gasteiger partial charge in [-0.3, -0.25) is 19.5 Å². The maximum atomic E-state index is 12.2. The van der Waals surface area contributed by atoms with E-state index in [0.29, 0.717) is 18.5 Å². The van der Waals surface area contributed by atoms with Crippen molar-refractivity contribution in [3.05, 3.63) is 38.9 Å². The fraction of sp³-hybridized carbons (Fsp3) is 0.579. The Morgan fingerprint density at radius 2 is 1.93 bits per heavy atom. The van der Waals surface area contributed by atoms with E-state index in [1.807, 2.05) is 13.8 Å². The molecule has 0 fully saturated rings. The number of non-ortho nitro benzene ring substituents is 1. The van der Waals surface area contributed by atoms with E-state index in [1.54, 1.807) is 0 Å². The Morgan fingerprint density at radius 1 is 1.26 bits per heavy atom. The van der Waals surface area contributed by atoms with E-state index >= 15 is 0 Å². The number of fused-ring (bicyclic) bond motifs is 1. The standard InChI is InChI=1S/C19H27N3O5/c1-18(2,3)12-19(4,5)20-16(23)7-6-10-21-14-9-8-13(22(25)26)11-15(14)27-17(21)24/h8-9,11H,6-7,10,12H2,1-5H3,(H,20,23). The summed E-state index contributed by atoms with van der Waals surface area (Å²) in [5, 5.41) is 13.9. The largest absolute Gasteiger partial charge is 0.419 e. The minimum atomic E-state index is -0.584. The fourth-order valence-corrected chi connectivity index (χ4v) is 3.59. The van der Waals surface area contributed by atoms with Gasteiger partial charge in [-0.15, -0.1) is 0 Å². The summed E-state index contributed by atoms with van der Waals surface area (Å²) in [5.74, 6) is -0.653. The van der Waals surface area contributed by atoms with Crippen LogP contribution in [0.5, 0.6) is 0 Å². The molecule has 0 aliphatic carbocycles. The Hall–Kier alpha value is -2.64. The molecule has 0 unspecified atom stereocenters. The molecule has 0 aliphatic rings. The molecule has 8 heteroatoms. The van der Waals surface area contributed by atoms with Crippen LogP contribution in [0.1, 0.15) is 53.9 Å². The molecule has 2 rings (SSSR count). The fourth-order valence-electron chi connectivity index (χ4n) is 3.59. The first-order chi connectivity index (χ1) is 12.4. The average Bonchev–Trinajstić information content (AvgIpc) is 2.79. The van der Waals surface area contributed by atoms with E-state index in [9.17, 15) is 19.7 Å². The predicted octanol–water partition coefficient (Wildman–Crippen LogP) is 3.61. The van der Waals surface area contributed by atoms with Crippen molar-refractivity contribution in [1.82, 2.24) is 9.88 Å². The van der Waals surface area contributed by atoms with Crippen molar-refractivity contribution >= 4 is 22.7 Å². The molecule has 0 saturated heterocycles. The molecule has 0 saturated carbocycles. The number of nitrogens with one attached hydrogen (secondary N) is 1. The normalized spacial score (nSPS) is 12.3. The van der Waals surface area contributed by atoms with Crippen molar-refractivity contribution in [1.29, 1.82) is 0 Å². The summed E-state index contributed by atoms with van der Waals surface area (Å²) in [4.78, 5) is 34.5. The first kappa shape index (κ1) is 20.7. The van der Waals surface area contributed by atoms with E-state index in [-0.39, 0.29) is 34.6 Å². The first-order valence-corrected chi connectivity index (χ1v) is 8.97. The van der Waals surface area contributed by atoms with Crippen LogP contribution in [0, 0.1) is 15.5 Å². The highest BCUT2D eigenvalue weighted by molar-refractivity contribution is 5.77. The number of aryl methyl sites for hydroxylation is 1. The van der Waals surface area contributed by atoms with Crippen LogP contribution in [0.2, 0.25) is 0 Å². The second kappa shape index (κ2) is 7.54. The molecule has 0 spiro atoms. The molecule has 8 nitrogen and oxygen atoms in total.